The number of carboxylic acids is 1. The lowest BCUT2D eigenvalue weighted by Gasteiger charge is -1.98. The van der Waals surface area contributed by atoms with Crippen molar-refractivity contribution in [3.8, 4) is 0 Å². The second-order valence-corrected chi connectivity index (χ2v) is 2.59. The third kappa shape index (κ3) is 1.12. The first kappa shape index (κ1) is 7.66. The predicted octanol–water partition coefficient (Wildman–Crippen LogP) is 0.131. The Bertz CT molecular complexity index is 476. The van der Waals surface area contributed by atoms with Crippen LogP contribution >= 0.6 is 0 Å². The summed E-state index contributed by atoms with van der Waals surface area (Å²) >= 11 is 0. The Balaban J connectivity index is 2.77. The molecule has 0 saturated carbocycles. The lowest BCUT2D eigenvalue weighted by molar-refractivity contribution is 0.0690. The van der Waals surface area contributed by atoms with Crippen LogP contribution in [0, 0.1) is 6.92 Å². The lowest BCUT2D eigenvalue weighted by Crippen LogP contribution is -2.04. The van der Waals surface area contributed by atoms with Crippen LogP contribution in [0.15, 0.2) is 12.4 Å². The summed E-state index contributed by atoms with van der Waals surface area (Å²) in [5.41, 5.74) is 0.727. The molecule has 2 heterocycles. The molecule has 0 bridgehead atoms. The second kappa shape index (κ2) is 2.51. The number of nitrogens with zero attached hydrogens (tertiary/aromatic N) is 4. The normalized spacial score (nSPS) is 10.5. The number of rotatable bonds is 1. The lowest BCUT2D eigenvalue weighted by atomic mass is 10.3. The van der Waals surface area contributed by atoms with E-state index in [2.05, 4.69) is 15.2 Å². The van der Waals surface area contributed by atoms with E-state index in [0.29, 0.717) is 5.78 Å². The summed E-state index contributed by atoms with van der Waals surface area (Å²) in [4.78, 5) is 14.4. The number of fused-ring (bicyclic) bond motifs is 1. The van der Waals surface area contributed by atoms with E-state index < -0.39 is 5.97 Å². The molecule has 13 heavy (non-hydrogen) atoms. The molecule has 0 spiro atoms. The van der Waals surface area contributed by atoms with Crippen molar-refractivity contribution in [3.05, 3.63) is 23.8 Å². The molecule has 0 radical (unpaired) electrons. The standard InChI is InChI=1S/C7H6N4O2/c1-4-2-5(6(12)13)9-7-10-8-3-11(4)7/h2-3H,1H3,(H,12,13). The smallest absolute Gasteiger partial charge is 0.354 e. The van der Waals surface area contributed by atoms with E-state index in [-0.39, 0.29) is 5.69 Å². The van der Waals surface area contributed by atoms with Crippen LogP contribution in [0.3, 0.4) is 0 Å². The highest BCUT2D eigenvalue weighted by molar-refractivity contribution is 5.85. The maximum atomic E-state index is 10.6. The summed E-state index contributed by atoms with van der Waals surface area (Å²) in [7, 11) is 0. The van der Waals surface area contributed by atoms with Crippen molar-refractivity contribution in [2.24, 2.45) is 0 Å². The Morgan fingerprint density at radius 3 is 3.08 bits per heavy atom. The van der Waals surface area contributed by atoms with E-state index in [1.807, 2.05) is 0 Å². The molecule has 0 unspecified atom stereocenters. The van der Waals surface area contributed by atoms with Gasteiger partial charge >= 0.3 is 5.97 Å². The third-order valence-corrected chi connectivity index (χ3v) is 1.69. The van der Waals surface area contributed by atoms with Crippen molar-refractivity contribution < 1.29 is 9.90 Å². The molecule has 6 heteroatoms. The van der Waals surface area contributed by atoms with Gasteiger partial charge in [-0.1, -0.05) is 0 Å². The molecule has 1 N–H and O–H groups in total. The summed E-state index contributed by atoms with van der Waals surface area (Å²) in [6.45, 7) is 1.77. The van der Waals surface area contributed by atoms with Gasteiger partial charge in [-0.15, -0.1) is 10.2 Å². The van der Waals surface area contributed by atoms with E-state index in [9.17, 15) is 4.79 Å². The fourth-order valence-electron chi connectivity index (χ4n) is 1.07. The van der Waals surface area contributed by atoms with Crippen LogP contribution < -0.4 is 0 Å². The van der Waals surface area contributed by atoms with E-state index in [1.54, 1.807) is 11.3 Å². The molecule has 2 aromatic heterocycles. The molecule has 66 valence electrons. The molecule has 0 amide bonds. The first-order valence-electron chi connectivity index (χ1n) is 3.59. The minimum atomic E-state index is -1.06. The fourth-order valence-corrected chi connectivity index (χ4v) is 1.07. The number of hydrogen-bond donors (Lipinski definition) is 1. The van der Waals surface area contributed by atoms with Gasteiger partial charge in [0.05, 0.1) is 0 Å². The third-order valence-electron chi connectivity index (χ3n) is 1.69. The molecule has 6 nitrogen and oxygen atoms in total. The van der Waals surface area contributed by atoms with Crippen LogP contribution in [0.1, 0.15) is 16.2 Å². The van der Waals surface area contributed by atoms with Gasteiger partial charge in [0.25, 0.3) is 5.78 Å². The van der Waals surface area contributed by atoms with Crippen molar-refractivity contribution in [1.29, 1.82) is 0 Å². The minimum absolute atomic E-state index is 0.0157. The van der Waals surface area contributed by atoms with Gasteiger partial charge in [0, 0.05) is 5.69 Å². The van der Waals surface area contributed by atoms with Crippen LogP contribution in [0.25, 0.3) is 5.78 Å². The topological polar surface area (TPSA) is 80.4 Å². The van der Waals surface area contributed by atoms with Gasteiger partial charge in [0.1, 0.15) is 6.33 Å². The van der Waals surface area contributed by atoms with Gasteiger partial charge in [0.2, 0.25) is 0 Å². The van der Waals surface area contributed by atoms with Gasteiger partial charge in [0.15, 0.2) is 5.69 Å². The van der Waals surface area contributed by atoms with Crippen LogP contribution in [0.4, 0.5) is 0 Å². The molecule has 2 rings (SSSR count). The number of aryl methyl sites for hydroxylation is 1. The highest BCUT2D eigenvalue weighted by Crippen LogP contribution is 2.04. The maximum absolute atomic E-state index is 10.6. The predicted molar refractivity (Wildman–Crippen MR) is 42.5 cm³/mol. The zero-order valence-electron chi connectivity index (χ0n) is 6.80. The molecular formula is C7H6N4O2. The molecule has 2 aromatic rings. The van der Waals surface area contributed by atoms with Gasteiger partial charge in [-0.3, -0.25) is 4.40 Å². The van der Waals surface area contributed by atoms with E-state index >= 15 is 0 Å². The van der Waals surface area contributed by atoms with Crippen molar-refractivity contribution in [1.82, 2.24) is 19.6 Å². The summed E-state index contributed by atoms with van der Waals surface area (Å²) in [6.07, 6.45) is 1.49. The molecule has 0 atom stereocenters. The van der Waals surface area contributed by atoms with Crippen LogP contribution in [-0.4, -0.2) is 30.7 Å². The number of aromatic carboxylic acids is 1. The quantitative estimate of drug-likeness (QED) is 0.671. The molecule has 0 aliphatic rings. The summed E-state index contributed by atoms with van der Waals surface area (Å²) in [5, 5.41) is 16.0. The SMILES string of the molecule is Cc1cc(C(=O)O)nc2nncn12. The summed E-state index contributed by atoms with van der Waals surface area (Å²) in [5.74, 6) is -0.758. The molecule has 0 fully saturated rings. The highest BCUT2D eigenvalue weighted by Gasteiger charge is 2.08. The average Bonchev–Trinajstić information content (AvgIpc) is 2.51. The maximum Gasteiger partial charge on any atom is 0.354 e. The van der Waals surface area contributed by atoms with Gasteiger partial charge in [-0.05, 0) is 13.0 Å². The number of carbonyl (C=O) groups is 1. The van der Waals surface area contributed by atoms with Crippen molar-refractivity contribution >= 4 is 11.7 Å². The Kier molecular flexibility index (Phi) is 1.48. The number of hydrogen-bond acceptors (Lipinski definition) is 4. The average molecular weight is 178 g/mol. The van der Waals surface area contributed by atoms with Crippen molar-refractivity contribution in [2.75, 3.05) is 0 Å². The van der Waals surface area contributed by atoms with Gasteiger partial charge in [-0.25, -0.2) is 9.78 Å². The zero-order chi connectivity index (χ0) is 9.42. The molecule has 0 aliphatic carbocycles. The van der Waals surface area contributed by atoms with E-state index in [0.717, 1.165) is 5.69 Å². The van der Waals surface area contributed by atoms with Crippen LogP contribution in [0.5, 0.6) is 0 Å². The highest BCUT2D eigenvalue weighted by atomic mass is 16.4. The van der Waals surface area contributed by atoms with Crippen molar-refractivity contribution in [2.45, 2.75) is 6.92 Å². The minimum Gasteiger partial charge on any atom is -0.477 e. The molecule has 0 aromatic carbocycles. The first-order valence-corrected chi connectivity index (χ1v) is 3.59. The van der Waals surface area contributed by atoms with Crippen molar-refractivity contribution in [3.63, 3.8) is 0 Å². The Morgan fingerprint density at radius 1 is 1.62 bits per heavy atom. The van der Waals surface area contributed by atoms with Crippen LogP contribution in [-0.2, 0) is 0 Å². The number of aromatic nitrogens is 4. The molecule has 0 aliphatic heterocycles. The van der Waals surface area contributed by atoms with Gasteiger partial charge in [-0.2, -0.15) is 0 Å². The second-order valence-electron chi connectivity index (χ2n) is 2.59. The Hall–Kier alpha value is -1.98. The van der Waals surface area contributed by atoms with E-state index in [4.69, 9.17) is 5.11 Å². The number of carboxylic acid groups (broad SMARTS) is 1. The first-order chi connectivity index (χ1) is 6.18. The van der Waals surface area contributed by atoms with Gasteiger partial charge < -0.3 is 5.11 Å². The largest absolute Gasteiger partial charge is 0.477 e. The molecule has 0 saturated heterocycles. The molecular weight excluding hydrogens is 172 g/mol. The monoisotopic (exact) mass is 178 g/mol. The Morgan fingerprint density at radius 2 is 2.38 bits per heavy atom. The zero-order valence-corrected chi connectivity index (χ0v) is 6.80. The fraction of sp³-hybridized carbons (Fsp3) is 0.143. The summed E-state index contributed by atoms with van der Waals surface area (Å²) < 4.78 is 1.62. The van der Waals surface area contributed by atoms with Crippen LogP contribution in [0.2, 0.25) is 0 Å². The van der Waals surface area contributed by atoms with E-state index in [1.165, 1.54) is 12.4 Å². The summed E-state index contributed by atoms with van der Waals surface area (Å²) in [6, 6.07) is 1.47. The Labute approximate surface area is 72.9 Å².